The van der Waals surface area contributed by atoms with Gasteiger partial charge in [-0.25, -0.2) is 4.63 Å². The molecular weight excluding hydrogens is 276 g/mol. The smallest absolute Gasteiger partial charge is 0.300 e. The Balaban J connectivity index is 1.86. The van der Waals surface area contributed by atoms with E-state index in [0.717, 1.165) is 25.7 Å². The van der Waals surface area contributed by atoms with Gasteiger partial charge in [0.2, 0.25) is 5.52 Å². The van der Waals surface area contributed by atoms with Crippen molar-refractivity contribution < 1.29 is 14.7 Å². The first-order chi connectivity index (χ1) is 10.2. The van der Waals surface area contributed by atoms with E-state index in [0.29, 0.717) is 17.7 Å². The Morgan fingerprint density at radius 2 is 2.05 bits per heavy atom. The van der Waals surface area contributed by atoms with Crippen LogP contribution in [0.4, 0.5) is 11.4 Å². The first-order valence-electron chi connectivity index (χ1n) is 6.90. The topological polar surface area (TPSA) is 114 Å². The molecule has 0 amide bonds. The van der Waals surface area contributed by atoms with Crippen LogP contribution in [0.3, 0.4) is 0 Å². The molecule has 0 radical (unpaired) electrons. The maximum Gasteiger partial charge on any atom is 0.300 e. The van der Waals surface area contributed by atoms with Crippen molar-refractivity contribution in [2.24, 2.45) is 5.41 Å². The molecule has 1 aliphatic rings. The maximum atomic E-state index is 10.9. The van der Waals surface area contributed by atoms with Crippen LogP contribution in [0.2, 0.25) is 0 Å². The minimum atomic E-state index is -0.511. The van der Waals surface area contributed by atoms with Crippen LogP contribution in [0.15, 0.2) is 16.8 Å². The van der Waals surface area contributed by atoms with Crippen molar-refractivity contribution >= 4 is 22.4 Å². The van der Waals surface area contributed by atoms with Gasteiger partial charge in [-0.15, -0.1) is 0 Å². The Hall–Kier alpha value is -2.22. The molecule has 1 aromatic carbocycles. The molecule has 21 heavy (non-hydrogen) atoms. The van der Waals surface area contributed by atoms with Crippen molar-refractivity contribution in [2.75, 3.05) is 18.5 Å². The SMILES string of the molecule is O=[N+]([O-])c1ccc(NCC2(CO)CCCC2)c2nonc12. The first-order valence-corrected chi connectivity index (χ1v) is 6.90. The van der Waals surface area contributed by atoms with E-state index in [9.17, 15) is 15.2 Å². The summed E-state index contributed by atoms with van der Waals surface area (Å²) in [6.07, 6.45) is 4.18. The second kappa shape index (κ2) is 5.28. The second-order valence-electron chi connectivity index (χ2n) is 5.57. The largest absolute Gasteiger partial charge is 0.396 e. The molecule has 2 aromatic rings. The predicted molar refractivity (Wildman–Crippen MR) is 74.9 cm³/mol. The normalized spacial score (nSPS) is 17.2. The fourth-order valence-electron chi connectivity index (χ4n) is 2.94. The number of hydrogen-bond donors (Lipinski definition) is 2. The molecular formula is C13H16N4O4. The molecule has 1 fully saturated rings. The van der Waals surface area contributed by atoms with Gasteiger partial charge in [-0.2, -0.15) is 0 Å². The molecule has 112 valence electrons. The lowest BCUT2D eigenvalue weighted by Crippen LogP contribution is -2.30. The van der Waals surface area contributed by atoms with Crippen LogP contribution in [0.1, 0.15) is 25.7 Å². The summed E-state index contributed by atoms with van der Waals surface area (Å²) < 4.78 is 4.63. The van der Waals surface area contributed by atoms with Crippen LogP contribution in [-0.4, -0.2) is 33.5 Å². The summed E-state index contributed by atoms with van der Waals surface area (Å²) in [5.74, 6) is 0. The summed E-state index contributed by atoms with van der Waals surface area (Å²) in [6.45, 7) is 0.733. The van der Waals surface area contributed by atoms with E-state index in [1.165, 1.54) is 6.07 Å². The van der Waals surface area contributed by atoms with Gasteiger partial charge in [0.1, 0.15) is 0 Å². The third-order valence-electron chi connectivity index (χ3n) is 4.24. The van der Waals surface area contributed by atoms with E-state index in [4.69, 9.17) is 0 Å². The van der Waals surface area contributed by atoms with Crippen LogP contribution in [-0.2, 0) is 0 Å². The van der Waals surface area contributed by atoms with Crippen molar-refractivity contribution in [2.45, 2.75) is 25.7 Å². The van der Waals surface area contributed by atoms with Gasteiger partial charge in [0.15, 0.2) is 5.52 Å². The molecule has 3 rings (SSSR count). The van der Waals surface area contributed by atoms with Crippen molar-refractivity contribution in [1.82, 2.24) is 10.3 Å². The number of nitro groups is 1. The number of aliphatic hydroxyl groups excluding tert-OH is 1. The molecule has 2 N–H and O–H groups in total. The van der Waals surface area contributed by atoms with Crippen LogP contribution < -0.4 is 5.32 Å². The number of nitrogens with one attached hydrogen (secondary N) is 1. The first kappa shape index (κ1) is 13.7. The third-order valence-corrected chi connectivity index (χ3v) is 4.24. The number of aromatic nitrogens is 2. The average Bonchev–Trinajstić information content (AvgIpc) is 3.14. The summed E-state index contributed by atoms with van der Waals surface area (Å²) in [6, 6.07) is 2.99. The third kappa shape index (κ3) is 2.42. The van der Waals surface area contributed by atoms with Crippen LogP contribution in [0, 0.1) is 15.5 Å². The number of anilines is 1. The predicted octanol–water partition coefficient (Wildman–Crippen LogP) is 2.10. The van der Waals surface area contributed by atoms with Gasteiger partial charge < -0.3 is 10.4 Å². The van der Waals surface area contributed by atoms with E-state index in [2.05, 4.69) is 20.3 Å². The fraction of sp³-hybridized carbons (Fsp3) is 0.538. The Morgan fingerprint density at radius 1 is 1.33 bits per heavy atom. The van der Waals surface area contributed by atoms with Crippen LogP contribution in [0.5, 0.6) is 0 Å². The molecule has 8 heteroatoms. The number of aliphatic hydroxyl groups is 1. The Kier molecular flexibility index (Phi) is 3.46. The highest BCUT2D eigenvalue weighted by Crippen LogP contribution is 2.38. The molecule has 1 aliphatic carbocycles. The van der Waals surface area contributed by atoms with E-state index in [1.807, 2.05) is 0 Å². The van der Waals surface area contributed by atoms with Gasteiger partial charge in [0, 0.05) is 18.0 Å². The van der Waals surface area contributed by atoms with E-state index < -0.39 is 4.92 Å². The number of benzene rings is 1. The highest BCUT2D eigenvalue weighted by Gasteiger charge is 2.33. The highest BCUT2D eigenvalue weighted by atomic mass is 16.6. The Labute approximate surface area is 120 Å². The summed E-state index contributed by atoms with van der Waals surface area (Å²) in [5.41, 5.74) is 0.863. The molecule has 1 heterocycles. The number of rotatable bonds is 5. The van der Waals surface area contributed by atoms with E-state index in [1.54, 1.807) is 6.07 Å². The Morgan fingerprint density at radius 3 is 2.71 bits per heavy atom. The summed E-state index contributed by atoms with van der Waals surface area (Å²) in [4.78, 5) is 10.4. The lowest BCUT2D eigenvalue weighted by Gasteiger charge is -2.27. The van der Waals surface area contributed by atoms with Crippen molar-refractivity contribution in [3.8, 4) is 0 Å². The van der Waals surface area contributed by atoms with Gasteiger partial charge in [-0.05, 0) is 29.2 Å². The zero-order valence-corrected chi connectivity index (χ0v) is 11.4. The van der Waals surface area contributed by atoms with Gasteiger partial charge >= 0.3 is 5.69 Å². The molecule has 0 spiro atoms. The van der Waals surface area contributed by atoms with Crippen LogP contribution in [0.25, 0.3) is 11.0 Å². The van der Waals surface area contributed by atoms with E-state index in [-0.39, 0.29) is 23.2 Å². The maximum absolute atomic E-state index is 10.9. The monoisotopic (exact) mass is 292 g/mol. The summed E-state index contributed by atoms with van der Waals surface area (Å²) in [7, 11) is 0. The fourth-order valence-corrected chi connectivity index (χ4v) is 2.94. The van der Waals surface area contributed by atoms with Gasteiger partial charge in [-0.1, -0.05) is 12.8 Å². The zero-order valence-electron chi connectivity index (χ0n) is 11.4. The minimum Gasteiger partial charge on any atom is -0.396 e. The number of hydrogen-bond acceptors (Lipinski definition) is 7. The lowest BCUT2D eigenvalue weighted by molar-refractivity contribution is -0.383. The molecule has 0 saturated heterocycles. The summed E-state index contributed by atoms with van der Waals surface area (Å²) in [5, 5.41) is 31.1. The molecule has 0 atom stereocenters. The standard InChI is InChI=1S/C13H16N4O4/c18-8-13(5-1-2-6-13)7-14-9-3-4-10(17(19)20)12-11(9)15-21-16-12/h3-4,14,18H,1-2,5-8H2. The second-order valence-corrected chi connectivity index (χ2v) is 5.57. The van der Waals surface area contributed by atoms with Crippen LogP contribution >= 0.6 is 0 Å². The Bertz CT molecular complexity index is 663. The van der Waals surface area contributed by atoms with E-state index >= 15 is 0 Å². The van der Waals surface area contributed by atoms with Crippen molar-refractivity contribution in [3.63, 3.8) is 0 Å². The number of non-ortho nitro benzene ring substituents is 1. The molecule has 0 unspecified atom stereocenters. The molecule has 8 nitrogen and oxygen atoms in total. The average molecular weight is 292 g/mol. The van der Waals surface area contributed by atoms with Gasteiger partial charge in [0.05, 0.1) is 17.2 Å². The number of nitro benzene ring substituents is 1. The van der Waals surface area contributed by atoms with Gasteiger partial charge in [0.25, 0.3) is 0 Å². The highest BCUT2D eigenvalue weighted by molar-refractivity contribution is 5.93. The minimum absolute atomic E-state index is 0.120. The number of nitrogens with zero attached hydrogens (tertiary/aromatic N) is 3. The lowest BCUT2D eigenvalue weighted by atomic mass is 9.87. The van der Waals surface area contributed by atoms with Crippen molar-refractivity contribution in [3.05, 3.63) is 22.2 Å². The quantitative estimate of drug-likeness (QED) is 0.640. The summed E-state index contributed by atoms with van der Waals surface area (Å²) >= 11 is 0. The van der Waals surface area contributed by atoms with Gasteiger partial charge in [-0.3, -0.25) is 10.1 Å². The molecule has 1 aromatic heterocycles. The number of fused-ring (bicyclic) bond motifs is 1. The molecule has 0 aliphatic heterocycles. The molecule has 0 bridgehead atoms. The zero-order chi connectivity index (χ0) is 14.9. The molecule has 1 saturated carbocycles. The van der Waals surface area contributed by atoms with Crippen molar-refractivity contribution in [1.29, 1.82) is 0 Å².